The van der Waals surface area contributed by atoms with Crippen molar-refractivity contribution in [2.24, 2.45) is 0 Å². The van der Waals surface area contributed by atoms with Crippen molar-refractivity contribution in [2.45, 2.75) is 41.5 Å². The molecule has 4 heterocycles. The van der Waals surface area contributed by atoms with Gasteiger partial charge < -0.3 is 8.80 Å². The molecule has 13 rings (SSSR count). The summed E-state index contributed by atoms with van der Waals surface area (Å²) in [6.45, 7) is 13.5. The Morgan fingerprint density at radius 1 is 0.310 bits per heavy atom. The average molecular weight is 741 g/mol. The van der Waals surface area contributed by atoms with Crippen molar-refractivity contribution in [3.05, 3.63) is 167 Å². The Bertz CT molecular complexity index is 3660. The van der Waals surface area contributed by atoms with Crippen LogP contribution in [0.1, 0.15) is 33.4 Å². The molecular formula is C56H40N2. The smallest absolute Gasteiger partial charge is 0.0634 e. The van der Waals surface area contributed by atoms with Crippen LogP contribution < -0.4 is 0 Å². The second kappa shape index (κ2) is 10.9. The lowest BCUT2D eigenvalue weighted by Gasteiger charge is -2.13. The van der Waals surface area contributed by atoms with E-state index in [9.17, 15) is 0 Å². The molecule has 0 radical (unpaired) electrons. The molecule has 2 nitrogen and oxygen atoms in total. The SMILES string of the molecule is Cc1cc(C)c(-c2ccc3c(c2)c2c4c5ccc6ccccc6c5n5c6ccc(-c7c(C)cc(C)cc7C)cc6c(c6c7ccc8ccccc8c7n3c26)c45)c(C)c1. The van der Waals surface area contributed by atoms with Crippen molar-refractivity contribution in [1.29, 1.82) is 0 Å². The van der Waals surface area contributed by atoms with Crippen molar-refractivity contribution in [2.75, 3.05) is 0 Å². The van der Waals surface area contributed by atoms with E-state index in [1.165, 1.54) is 153 Å². The highest BCUT2D eigenvalue weighted by Crippen LogP contribution is 2.54. The Balaban J connectivity index is 1.33. The standard InChI is InChI=1S/C56H40N2/c1-29-23-31(3)47(32(4)24-29)37-17-21-45-43(27-37)51-49-41-19-15-36-12-8-10-14-40(36)54(41)58-46-22-18-38(48-33(5)25-30(2)26-34(48)6)28-44(46)52(56(49)58)50-42-20-16-35-11-7-9-13-39(35)53(42)57(45)55(50)51/h7-28H,1-6H3. The first kappa shape index (κ1) is 32.2. The molecule has 0 spiro atoms. The van der Waals surface area contributed by atoms with Crippen LogP contribution in [0.3, 0.4) is 0 Å². The first-order valence-electron chi connectivity index (χ1n) is 20.6. The summed E-state index contributed by atoms with van der Waals surface area (Å²) in [7, 11) is 0. The summed E-state index contributed by atoms with van der Waals surface area (Å²) in [5, 5.41) is 15.8. The molecule has 0 fully saturated rings. The number of hydrogen-bond donors (Lipinski definition) is 0. The van der Waals surface area contributed by atoms with Gasteiger partial charge in [-0.25, -0.2) is 0 Å². The zero-order valence-corrected chi connectivity index (χ0v) is 33.6. The Kier molecular flexibility index (Phi) is 6.07. The van der Waals surface area contributed by atoms with E-state index in [0.29, 0.717) is 0 Å². The van der Waals surface area contributed by atoms with Crippen molar-refractivity contribution in [3.63, 3.8) is 0 Å². The van der Waals surface area contributed by atoms with E-state index in [1.54, 1.807) is 0 Å². The Morgan fingerprint density at radius 2 is 0.690 bits per heavy atom. The number of aromatic nitrogens is 2. The highest BCUT2D eigenvalue weighted by Gasteiger charge is 2.30. The first-order valence-corrected chi connectivity index (χ1v) is 20.6. The number of aryl methyl sites for hydroxylation is 6. The van der Waals surface area contributed by atoms with Gasteiger partial charge in [-0.2, -0.15) is 0 Å². The molecule has 58 heavy (non-hydrogen) atoms. The molecule has 0 aliphatic carbocycles. The zero-order valence-electron chi connectivity index (χ0n) is 33.6. The van der Waals surface area contributed by atoms with Crippen molar-refractivity contribution in [3.8, 4) is 22.3 Å². The number of fused-ring (bicyclic) bond motifs is 18. The predicted octanol–water partition coefficient (Wildman–Crippen LogP) is 15.5. The number of hydrogen-bond acceptors (Lipinski definition) is 0. The fourth-order valence-corrected chi connectivity index (χ4v) is 11.8. The van der Waals surface area contributed by atoms with Crippen molar-refractivity contribution in [1.82, 2.24) is 8.80 Å². The molecular weight excluding hydrogens is 701 g/mol. The molecule has 0 saturated heterocycles. The van der Waals surface area contributed by atoms with Crippen LogP contribution >= 0.6 is 0 Å². The Morgan fingerprint density at radius 3 is 1.10 bits per heavy atom. The summed E-state index contributed by atoms with van der Waals surface area (Å²) in [6.07, 6.45) is 0. The third-order valence-electron chi connectivity index (χ3n) is 13.6. The summed E-state index contributed by atoms with van der Waals surface area (Å²) >= 11 is 0. The lowest BCUT2D eigenvalue weighted by atomic mass is 9.91. The van der Waals surface area contributed by atoms with Crippen LogP contribution in [0, 0.1) is 41.5 Å². The first-order chi connectivity index (χ1) is 28.3. The van der Waals surface area contributed by atoms with Gasteiger partial charge in [-0.3, -0.25) is 0 Å². The molecule has 2 heteroatoms. The fraction of sp³-hybridized carbons (Fsp3) is 0.107. The van der Waals surface area contributed by atoms with Gasteiger partial charge in [-0.15, -0.1) is 0 Å². The predicted molar refractivity (Wildman–Crippen MR) is 250 cm³/mol. The summed E-state index contributed by atoms with van der Waals surface area (Å²) in [5.41, 5.74) is 20.9. The summed E-state index contributed by atoms with van der Waals surface area (Å²) in [6, 6.07) is 51.3. The van der Waals surface area contributed by atoms with E-state index >= 15 is 0 Å². The maximum absolute atomic E-state index is 2.63. The number of benzene rings is 9. The molecule has 0 amide bonds. The van der Waals surface area contributed by atoms with E-state index in [2.05, 4.69) is 184 Å². The van der Waals surface area contributed by atoms with Crippen LogP contribution in [-0.2, 0) is 0 Å². The molecule has 0 atom stereocenters. The summed E-state index contributed by atoms with van der Waals surface area (Å²) in [5.74, 6) is 0. The van der Waals surface area contributed by atoms with Gasteiger partial charge >= 0.3 is 0 Å². The zero-order chi connectivity index (χ0) is 38.9. The van der Waals surface area contributed by atoms with Crippen LogP contribution in [-0.4, -0.2) is 8.80 Å². The molecule has 0 aliphatic rings. The van der Waals surface area contributed by atoms with Crippen molar-refractivity contribution < 1.29 is 0 Å². The van der Waals surface area contributed by atoms with Gasteiger partial charge in [-0.05, 0) is 121 Å². The Hall–Kier alpha value is -6.90. The van der Waals surface area contributed by atoms with Gasteiger partial charge in [0.1, 0.15) is 0 Å². The molecule has 9 aromatic carbocycles. The van der Waals surface area contributed by atoms with E-state index < -0.39 is 0 Å². The largest absolute Gasteiger partial charge is 0.307 e. The molecule has 274 valence electrons. The second-order valence-electron chi connectivity index (χ2n) is 17.2. The third kappa shape index (κ3) is 3.88. The average Bonchev–Trinajstić information content (AvgIpc) is 3.93. The molecule has 0 bridgehead atoms. The van der Waals surface area contributed by atoms with E-state index in [-0.39, 0.29) is 0 Å². The topological polar surface area (TPSA) is 8.82 Å². The van der Waals surface area contributed by atoms with Crippen LogP contribution in [0.15, 0.2) is 133 Å². The van der Waals surface area contributed by atoms with Gasteiger partial charge in [0.15, 0.2) is 0 Å². The van der Waals surface area contributed by atoms with Crippen LogP contribution in [0.4, 0.5) is 0 Å². The van der Waals surface area contributed by atoms with Gasteiger partial charge in [0, 0.05) is 53.9 Å². The minimum absolute atomic E-state index is 1.26. The highest BCUT2D eigenvalue weighted by molar-refractivity contribution is 6.46. The number of rotatable bonds is 2. The van der Waals surface area contributed by atoms with Crippen LogP contribution in [0.5, 0.6) is 0 Å². The fourth-order valence-electron chi connectivity index (χ4n) is 11.8. The normalized spacial score (nSPS) is 12.7. The van der Waals surface area contributed by atoms with Gasteiger partial charge in [0.25, 0.3) is 0 Å². The minimum Gasteiger partial charge on any atom is -0.307 e. The van der Waals surface area contributed by atoms with E-state index in [4.69, 9.17) is 0 Å². The number of nitrogens with zero attached hydrogens (tertiary/aromatic N) is 2. The highest BCUT2D eigenvalue weighted by atomic mass is 14.9. The molecule has 0 unspecified atom stereocenters. The van der Waals surface area contributed by atoms with Crippen LogP contribution in [0.25, 0.3) is 120 Å². The van der Waals surface area contributed by atoms with Crippen molar-refractivity contribution >= 4 is 97.7 Å². The molecule has 0 saturated carbocycles. The summed E-state index contributed by atoms with van der Waals surface area (Å²) < 4.78 is 5.26. The van der Waals surface area contributed by atoms with E-state index in [1.807, 2.05) is 0 Å². The quantitative estimate of drug-likeness (QED) is 0.167. The monoisotopic (exact) mass is 740 g/mol. The van der Waals surface area contributed by atoms with E-state index in [0.717, 1.165) is 0 Å². The lowest BCUT2D eigenvalue weighted by Crippen LogP contribution is -1.90. The maximum Gasteiger partial charge on any atom is 0.0634 e. The van der Waals surface area contributed by atoms with Gasteiger partial charge in [0.05, 0.1) is 33.1 Å². The molecule has 0 N–H and O–H groups in total. The minimum atomic E-state index is 1.26. The summed E-state index contributed by atoms with van der Waals surface area (Å²) in [4.78, 5) is 0. The molecule has 13 aromatic rings. The third-order valence-corrected chi connectivity index (χ3v) is 13.6. The Labute approximate surface area is 335 Å². The van der Waals surface area contributed by atoms with Gasteiger partial charge in [0.2, 0.25) is 0 Å². The lowest BCUT2D eigenvalue weighted by molar-refractivity contribution is 1.32. The molecule has 0 aliphatic heterocycles. The van der Waals surface area contributed by atoms with Gasteiger partial charge in [-0.1, -0.05) is 120 Å². The van der Waals surface area contributed by atoms with Crippen LogP contribution in [0.2, 0.25) is 0 Å². The second-order valence-corrected chi connectivity index (χ2v) is 17.2. The maximum atomic E-state index is 2.63. The molecule has 4 aromatic heterocycles.